The van der Waals surface area contributed by atoms with Crippen molar-refractivity contribution in [2.75, 3.05) is 26.8 Å². The molecule has 2 amide bonds. The van der Waals surface area contributed by atoms with Crippen LogP contribution in [0, 0.1) is 0 Å². The molecule has 1 aliphatic rings. The number of nitrogens with two attached hydrogens (primary N) is 1. The van der Waals surface area contributed by atoms with Crippen molar-refractivity contribution in [1.82, 2.24) is 10.2 Å². The third-order valence-corrected chi connectivity index (χ3v) is 2.93. The number of aliphatic carboxylic acids is 1. The normalized spacial score (nSPS) is 20.8. The lowest BCUT2D eigenvalue weighted by atomic mass is 10.1. The lowest BCUT2D eigenvalue weighted by Gasteiger charge is -2.35. The minimum atomic E-state index is -1.13. The SMILES string of the molecule is COCCC(N)C(=O)N1CCNC(=O)C1CC(=O)O. The molecule has 8 heteroatoms. The second-order valence-electron chi connectivity index (χ2n) is 4.32. The van der Waals surface area contributed by atoms with Crippen LogP contribution < -0.4 is 11.1 Å². The number of piperazine rings is 1. The molecule has 1 fully saturated rings. The van der Waals surface area contributed by atoms with Gasteiger partial charge in [0, 0.05) is 26.8 Å². The smallest absolute Gasteiger partial charge is 0.305 e. The van der Waals surface area contributed by atoms with Crippen molar-refractivity contribution in [3.63, 3.8) is 0 Å². The summed E-state index contributed by atoms with van der Waals surface area (Å²) in [6.07, 6.45) is -0.0954. The van der Waals surface area contributed by atoms with Gasteiger partial charge in [-0.05, 0) is 6.42 Å². The third kappa shape index (κ3) is 4.18. The van der Waals surface area contributed by atoms with E-state index in [1.165, 1.54) is 12.0 Å². The standard InChI is InChI=1S/C11H19N3O5/c1-19-5-2-7(12)11(18)14-4-3-13-10(17)8(14)6-9(15)16/h7-8H,2-6,12H2,1H3,(H,13,17)(H,15,16). The van der Waals surface area contributed by atoms with Gasteiger partial charge in [0.25, 0.3) is 0 Å². The molecule has 0 aromatic rings. The lowest BCUT2D eigenvalue weighted by Crippen LogP contribution is -2.60. The van der Waals surface area contributed by atoms with Gasteiger partial charge in [0.05, 0.1) is 12.5 Å². The Bertz CT molecular complexity index is 360. The molecule has 2 unspecified atom stereocenters. The van der Waals surface area contributed by atoms with Gasteiger partial charge >= 0.3 is 5.97 Å². The molecule has 1 aliphatic heterocycles. The minimum Gasteiger partial charge on any atom is -0.481 e. The summed E-state index contributed by atoms with van der Waals surface area (Å²) in [5.74, 6) is -2.01. The number of carbonyl (C=O) groups excluding carboxylic acids is 2. The van der Waals surface area contributed by atoms with Gasteiger partial charge in [0.2, 0.25) is 11.8 Å². The summed E-state index contributed by atoms with van der Waals surface area (Å²) >= 11 is 0. The molecule has 4 N–H and O–H groups in total. The van der Waals surface area contributed by atoms with Crippen molar-refractivity contribution in [3.05, 3.63) is 0 Å². The number of nitrogens with one attached hydrogen (secondary N) is 1. The summed E-state index contributed by atoms with van der Waals surface area (Å²) in [5.41, 5.74) is 5.72. The number of amides is 2. The highest BCUT2D eigenvalue weighted by Gasteiger charge is 2.36. The van der Waals surface area contributed by atoms with E-state index in [9.17, 15) is 14.4 Å². The van der Waals surface area contributed by atoms with Crippen molar-refractivity contribution >= 4 is 17.8 Å². The average molecular weight is 273 g/mol. The number of rotatable bonds is 6. The molecule has 0 aromatic heterocycles. The molecule has 1 heterocycles. The Labute approximate surface area is 110 Å². The Balaban J connectivity index is 2.73. The molecule has 0 bridgehead atoms. The monoisotopic (exact) mass is 273 g/mol. The van der Waals surface area contributed by atoms with Gasteiger partial charge in [0.1, 0.15) is 6.04 Å². The molecule has 8 nitrogen and oxygen atoms in total. The van der Waals surface area contributed by atoms with Crippen LogP contribution in [0.4, 0.5) is 0 Å². The van der Waals surface area contributed by atoms with Crippen LogP contribution in [-0.4, -0.2) is 66.7 Å². The minimum absolute atomic E-state index is 0.267. The molecule has 0 spiro atoms. The summed E-state index contributed by atoms with van der Waals surface area (Å²) in [4.78, 5) is 35.8. The van der Waals surface area contributed by atoms with Crippen molar-refractivity contribution in [3.8, 4) is 0 Å². The summed E-state index contributed by atoms with van der Waals surface area (Å²) < 4.78 is 4.84. The predicted molar refractivity (Wildman–Crippen MR) is 65.2 cm³/mol. The molecule has 0 aliphatic carbocycles. The van der Waals surface area contributed by atoms with Crippen LogP contribution in [0.1, 0.15) is 12.8 Å². The van der Waals surface area contributed by atoms with E-state index in [4.69, 9.17) is 15.6 Å². The molecule has 19 heavy (non-hydrogen) atoms. The molecule has 0 radical (unpaired) electrons. The number of nitrogens with zero attached hydrogens (tertiary/aromatic N) is 1. The van der Waals surface area contributed by atoms with Crippen LogP contribution in [-0.2, 0) is 19.1 Å². The number of carboxylic acids is 1. The first-order chi connectivity index (χ1) is 8.97. The molecular formula is C11H19N3O5. The quantitative estimate of drug-likeness (QED) is 0.522. The van der Waals surface area contributed by atoms with E-state index in [1.54, 1.807) is 0 Å². The average Bonchev–Trinajstić information content (AvgIpc) is 2.37. The van der Waals surface area contributed by atoms with Crippen LogP contribution in [0.25, 0.3) is 0 Å². The lowest BCUT2D eigenvalue weighted by molar-refractivity contribution is -0.149. The van der Waals surface area contributed by atoms with Crippen molar-refractivity contribution in [2.24, 2.45) is 5.73 Å². The van der Waals surface area contributed by atoms with Crippen LogP contribution >= 0.6 is 0 Å². The first-order valence-corrected chi connectivity index (χ1v) is 6.02. The number of carboxylic acid groups (broad SMARTS) is 1. The highest BCUT2D eigenvalue weighted by molar-refractivity contribution is 5.93. The largest absolute Gasteiger partial charge is 0.481 e. The van der Waals surface area contributed by atoms with Crippen LogP contribution in [0.3, 0.4) is 0 Å². The maximum absolute atomic E-state index is 12.1. The number of hydrogen-bond donors (Lipinski definition) is 3. The molecule has 108 valence electrons. The highest BCUT2D eigenvalue weighted by atomic mass is 16.5. The topological polar surface area (TPSA) is 122 Å². The fraction of sp³-hybridized carbons (Fsp3) is 0.727. The maximum atomic E-state index is 12.1. The van der Waals surface area contributed by atoms with Crippen molar-refractivity contribution < 1.29 is 24.2 Å². The van der Waals surface area contributed by atoms with Crippen molar-refractivity contribution in [1.29, 1.82) is 0 Å². The predicted octanol–water partition coefficient (Wildman–Crippen LogP) is -1.85. The van der Waals surface area contributed by atoms with E-state index in [1.807, 2.05) is 0 Å². The first-order valence-electron chi connectivity index (χ1n) is 6.02. The molecule has 2 atom stereocenters. The van der Waals surface area contributed by atoms with Gasteiger partial charge in [-0.3, -0.25) is 14.4 Å². The summed E-state index contributed by atoms with van der Waals surface area (Å²) in [6, 6.07) is -1.78. The second kappa shape index (κ2) is 7.05. The van der Waals surface area contributed by atoms with Gasteiger partial charge < -0.3 is 25.8 Å². The highest BCUT2D eigenvalue weighted by Crippen LogP contribution is 2.11. The summed E-state index contributed by atoms with van der Waals surface area (Å²) in [7, 11) is 1.50. The van der Waals surface area contributed by atoms with Gasteiger partial charge in [-0.15, -0.1) is 0 Å². The summed E-state index contributed by atoms with van der Waals surface area (Å²) in [6.45, 7) is 0.900. The zero-order chi connectivity index (χ0) is 14.4. The first kappa shape index (κ1) is 15.4. The maximum Gasteiger partial charge on any atom is 0.305 e. The van der Waals surface area contributed by atoms with E-state index in [2.05, 4.69) is 5.32 Å². The van der Waals surface area contributed by atoms with Gasteiger partial charge in [0.15, 0.2) is 0 Å². The second-order valence-corrected chi connectivity index (χ2v) is 4.32. The van der Waals surface area contributed by atoms with E-state index < -0.39 is 36.3 Å². The fourth-order valence-corrected chi connectivity index (χ4v) is 1.93. The Kier molecular flexibility index (Phi) is 5.71. The van der Waals surface area contributed by atoms with Crippen molar-refractivity contribution in [2.45, 2.75) is 24.9 Å². The van der Waals surface area contributed by atoms with E-state index in [0.29, 0.717) is 19.6 Å². The Morgan fingerprint density at radius 1 is 1.63 bits per heavy atom. The number of methoxy groups -OCH3 is 1. The molecule has 1 rings (SSSR count). The van der Waals surface area contributed by atoms with Gasteiger partial charge in [-0.2, -0.15) is 0 Å². The Morgan fingerprint density at radius 3 is 2.89 bits per heavy atom. The zero-order valence-corrected chi connectivity index (χ0v) is 10.8. The molecule has 0 aromatic carbocycles. The number of hydrogen-bond acceptors (Lipinski definition) is 5. The molecule has 1 saturated heterocycles. The zero-order valence-electron chi connectivity index (χ0n) is 10.8. The van der Waals surface area contributed by atoms with Crippen LogP contribution in [0.2, 0.25) is 0 Å². The fourth-order valence-electron chi connectivity index (χ4n) is 1.93. The van der Waals surface area contributed by atoms with E-state index in [0.717, 1.165) is 0 Å². The Hall–Kier alpha value is -1.67. The van der Waals surface area contributed by atoms with Gasteiger partial charge in [-0.1, -0.05) is 0 Å². The number of carbonyl (C=O) groups is 3. The third-order valence-electron chi connectivity index (χ3n) is 2.93. The van der Waals surface area contributed by atoms with E-state index >= 15 is 0 Å². The summed E-state index contributed by atoms with van der Waals surface area (Å²) in [5, 5.41) is 11.3. The molecule has 0 saturated carbocycles. The Morgan fingerprint density at radius 2 is 2.32 bits per heavy atom. The van der Waals surface area contributed by atoms with E-state index in [-0.39, 0.29) is 6.54 Å². The number of ether oxygens (including phenoxy) is 1. The van der Waals surface area contributed by atoms with Gasteiger partial charge in [-0.25, -0.2) is 0 Å². The van der Waals surface area contributed by atoms with Crippen LogP contribution in [0.5, 0.6) is 0 Å². The molecular weight excluding hydrogens is 254 g/mol. The van der Waals surface area contributed by atoms with Crippen LogP contribution in [0.15, 0.2) is 0 Å².